The standard InChI is InChI=1S/C38H49F4N3O9S/c1-22-8-6-7-9-24-19-37(24,33(49)44-55(51,52)36(5)14-15-36)20-30(46)29-17-27(53-34(50)43-26-12-10-25(39)11-13-26)21-45(29)32(48)28(23(2)16-22)18-31(47)54-35(3,4)38(40,41)42/h7,9-13,22-24,27-29H,6,8,14-21H2,1-5H3,(H,43,50)(H,44,49)/b9-7-/t22-,23-,24-,27-,28+,29+,37-/m1/s1. The van der Waals surface area contributed by atoms with Gasteiger partial charge in [-0.05, 0) is 101 Å². The summed E-state index contributed by atoms with van der Waals surface area (Å²) in [5.74, 6) is -6.31. The molecular weight excluding hydrogens is 750 g/mol. The molecule has 2 aliphatic heterocycles. The van der Waals surface area contributed by atoms with Crippen molar-refractivity contribution in [3.05, 3.63) is 42.2 Å². The van der Waals surface area contributed by atoms with Gasteiger partial charge in [-0.1, -0.05) is 26.0 Å². The summed E-state index contributed by atoms with van der Waals surface area (Å²) in [6, 6.07) is 3.52. The van der Waals surface area contributed by atoms with E-state index in [4.69, 9.17) is 9.47 Å². The predicted molar refractivity (Wildman–Crippen MR) is 191 cm³/mol. The number of hydrogen-bond donors (Lipinski definition) is 2. The maximum absolute atomic E-state index is 14.6. The number of halogens is 4. The number of anilines is 1. The fraction of sp³-hybridized carbons (Fsp3) is 0.658. The second kappa shape index (κ2) is 15.5. The van der Waals surface area contributed by atoms with Gasteiger partial charge >= 0.3 is 18.2 Å². The summed E-state index contributed by atoms with van der Waals surface area (Å²) in [7, 11) is -4.06. The van der Waals surface area contributed by atoms with Gasteiger partial charge in [0.05, 0.1) is 35.1 Å². The highest BCUT2D eigenvalue weighted by molar-refractivity contribution is 7.91. The van der Waals surface area contributed by atoms with Gasteiger partial charge in [0.2, 0.25) is 27.4 Å². The molecule has 1 aromatic rings. The molecule has 2 saturated carbocycles. The van der Waals surface area contributed by atoms with E-state index in [-0.39, 0.29) is 31.0 Å². The average Bonchev–Trinajstić information content (AvgIpc) is 3.95. The molecule has 3 fully saturated rings. The number of benzene rings is 1. The molecule has 1 saturated heterocycles. The van der Waals surface area contributed by atoms with Crippen LogP contribution >= 0.6 is 0 Å². The van der Waals surface area contributed by atoms with Crippen molar-refractivity contribution < 1.29 is 59.4 Å². The van der Waals surface area contributed by atoms with Gasteiger partial charge in [0.15, 0.2) is 5.78 Å². The highest BCUT2D eigenvalue weighted by atomic mass is 32.2. The van der Waals surface area contributed by atoms with Gasteiger partial charge in [-0.2, -0.15) is 13.2 Å². The number of fused-ring (bicyclic) bond motifs is 2. The lowest BCUT2D eigenvalue weighted by molar-refractivity contribution is -0.257. The fourth-order valence-electron chi connectivity index (χ4n) is 7.48. The lowest BCUT2D eigenvalue weighted by Crippen LogP contribution is -2.48. The molecule has 12 nitrogen and oxygen atoms in total. The molecule has 0 unspecified atom stereocenters. The quantitative estimate of drug-likeness (QED) is 0.177. The number of allylic oxidation sites excluding steroid dienone is 2. The predicted octanol–water partition coefficient (Wildman–Crippen LogP) is 6.21. The highest BCUT2D eigenvalue weighted by Gasteiger charge is 2.63. The lowest BCUT2D eigenvalue weighted by atomic mass is 9.82. The molecular formula is C38H49F4N3O9S. The first-order valence-corrected chi connectivity index (χ1v) is 20.0. The van der Waals surface area contributed by atoms with Crippen LogP contribution in [0.3, 0.4) is 0 Å². The first-order valence-electron chi connectivity index (χ1n) is 18.6. The Bertz CT molecular complexity index is 1810. The first-order chi connectivity index (χ1) is 25.5. The van der Waals surface area contributed by atoms with Crippen molar-refractivity contribution in [1.82, 2.24) is 9.62 Å². The van der Waals surface area contributed by atoms with Gasteiger partial charge in [-0.3, -0.25) is 29.2 Å². The molecule has 2 N–H and O–H groups in total. The maximum atomic E-state index is 14.6. The zero-order valence-electron chi connectivity index (χ0n) is 31.5. The fourth-order valence-corrected chi connectivity index (χ4v) is 8.81. The Labute approximate surface area is 318 Å². The average molecular weight is 800 g/mol. The molecule has 7 atom stereocenters. The number of sulfonamides is 1. The monoisotopic (exact) mass is 799 g/mol. The normalized spacial score (nSPS) is 30.5. The summed E-state index contributed by atoms with van der Waals surface area (Å²) < 4.78 is 92.1. The molecule has 0 spiro atoms. The maximum Gasteiger partial charge on any atom is 0.427 e. The van der Waals surface area contributed by atoms with E-state index in [1.807, 2.05) is 13.0 Å². The molecule has 304 valence electrons. The molecule has 2 aliphatic carbocycles. The summed E-state index contributed by atoms with van der Waals surface area (Å²) in [5, 5.41) is 2.45. The Kier molecular flexibility index (Phi) is 11.9. The molecule has 4 aliphatic rings. The van der Waals surface area contributed by atoms with Crippen LogP contribution in [0.25, 0.3) is 0 Å². The van der Waals surface area contributed by atoms with E-state index in [1.54, 1.807) is 13.0 Å². The number of nitrogens with zero attached hydrogens (tertiary/aromatic N) is 1. The molecule has 0 bridgehead atoms. The van der Waals surface area contributed by atoms with Gasteiger partial charge in [-0.25, -0.2) is 17.6 Å². The van der Waals surface area contributed by atoms with E-state index in [9.17, 15) is 50.0 Å². The SMILES string of the molecule is C[C@@H]1CC/C=C\[C@@H]2C[C@@]2(C(=O)NS(=O)(=O)C2(C)CC2)CC(=O)[C@@H]2C[C@@H](OC(=O)Nc3ccc(F)cc3)CN2C(=O)[C@@H](CC(=O)OC(C)(C)C(F)(F)F)[C@H](C)C1. The Balaban J connectivity index is 1.46. The molecule has 1 aromatic carbocycles. The highest BCUT2D eigenvalue weighted by Crippen LogP contribution is 2.57. The van der Waals surface area contributed by atoms with Gasteiger partial charge < -0.3 is 14.4 Å². The van der Waals surface area contributed by atoms with Crippen LogP contribution in [-0.4, -0.2) is 78.2 Å². The van der Waals surface area contributed by atoms with E-state index < -0.39 is 110 Å². The minimum atomic E-state index is -4.90. The Morgan fingerprint density at radius 3 is 2.31 bits per heavy atom. The number of ketones is 1. The summed E-state index contributed by atoms with van der Waals surface area (Å²) in [6.07, 6.45) is -2.21. The van der Waals surface area contributed by atoms with Crippen LogP contribution in [0.5, 0.6) is 0 Å². The minimum absolute atomic E-state index is 0.0263. The van der Waals surface area contributed by atoms with Crippen molar-refractivity contribution >= 4 is 45.4 Å². The van der Waals surface area contributed by atoms with Crippen LogP contribution in [0, 0.1) is 34.9 Å². The third-order valence-corrected chi connectivity index (χ3v) is 13.8. The summed E-state index contributed by atoms with van der Waals surface area (Å²) in [4.78, 5) is 69.9. The third kappa shape index (κ3) is 9.51. The van der Waals surface area contributed by atoms with Crippen molar-refractivity contribution in [2.45, 2.75) is 121 Å². The summed E-state index contributed by atoms with van der Waals surface area (Å²) in [5.41, 5.74) is -4.09. The number of esters is 1. The smallest absolute Gasteiger partial charge is 0.427 e. The Hall–Kier alpha value is -4.02. The van der Waals surface area contributed by atoms with Gasteiger partial charge in [0.1, 0.15) is 11.9 Å². The number of carbonyl (C=O) groups excluding carboxylic acids is 5. The molecule has 2 heterocycles. The minimum Gasteiger partial charge on any atom is -0.450 e. The van der Waals surface area contributed by atoms with Crippen LogP contribution in [0.15, 0.2) is 36.4 Å². The number of ether oxygens (including phenoxy) is 2. The topological polar surface area (TPSA) is 165 Å². The van der Waals surface area contributed by atoms with Crippen molar-refractivity contribution in [2.24, 2.45) is 29.1 Å². The summed E-state index contributed by atoms with van der Waals surface area (Å²) >= 11 is 0. The van der Waals surface area contributed by atoms with E-state index in [1.165, 1.54) is 19.1 Å². The van der Waals surface area contributed by atoms with Crippen LogP contribution in [0.2, 0.25) is 0 Å². The van der Waals surface area contributed by atoms with Crippen LogP contribution in [-0.2, 0) is 38.7 Å². The van der Waals surface area contributed by atoms with Gasteiger partial charge in [0.25, 0.3) is 0 Å². The molecule has 3 amide bonds. The Morgan fingerprint density at radius 1 is 1.04 bits per heavy atom. The zero-order chi connectivity index (χ0) is 40.7. The number of carbonyl (C=O) groups is 5. The lowest BCUT2D eigenvalue weighted by Gasteiger charge is -2.33. The second-order valence-electron chi connectivity index (χ2n) is 16.5. The van der Waals surface area contributed by atoms with E-state index in [0.717, 1.165) is 17.0 Å². The Morgan fingerprint density at radius 2 is 1.69 bits per heavy atom. The number of hydrogen-bond acceptors (Lipinski definition) is 9. The van der Waals surface area contributed by atoms with Crippen LogP contribution < -0.4 is 10.0 Å². The molecule has 5 rings (SSSR count). The van der Waals surface area contributed by atoms with Gasteiger partial charge in [-0.15, -0.1) is 0 Å². The molecule has 0 radical (unpaired) electrons. The largest absolute Gasteiger partial charge is 0.450 e. The first kappa shape index (κ1) is 42.1. The van der Waals surface area contributed by atoms with Crippen molar-refractivity contribution in [3.8, 4) is 0 Å². The molecule has 55 heavy (non-hydrogen) atoms. The third-order valence-electron chi connectivity index (χ3n) is 11.6. The zero-order valence-corrected chi connectivity index (χ0v) is 32.4. The van der Waals surface area contributed by atoms with Gasteiger partial charge in [0, 0.05) is 18.5 Å². The van der Waals surface area contributed by atoms with Crippen LogP contribution in [0.4, 0.5) is 28.0 Å². The van der Waals surface area contributed by atoms with Crippen molar-refractivity contribution in [3.63, 3.8) is 0 Å². The number of rotatable bonds is 8. The van der Waals surface area contributed by atoms with Crippen molar-refractivity contribution in [2.75, 3.05) is 11.9 Å². The number of alkyl halides is 3. The van der Waals surface area contributed by atoms with Crippen LogP contribution in [0.1, 0.15) is 92.4 Å². The molecule has 0 aromatic heterocycles. The van der Waals surface area contributed by atoms with E-state index in [0.29, 0.717) is 46.0 Å². The number of amides is 3. The molecule has 17 heteroatoms. The second-order valence-corrected chi connectivity index (χ2v) is 18.7. The summed E-state index contributed by atoms with van der Waals surface area (Å²) in [6.45, 7) is 6.22. The van der Waals surface area contributed by atoms with E-state index >= 15 is 0 Å². The van der Waals surface area contributed by atoms with Crippen molar-refractivity contribution in [1.29, 1.82) is 0 Å². The number of nitrogens with one attached hydrogen (secondary N) is 2. The number of Topliss-reactive ketones (excluding diaryl/α,β-unsaturated/α-hetero) is 1. The van der Waals surface area contributed by atoms with E-state index in [2.05, 4.69) is 10.0 Å².